The Hall–Kier alpha value is -1.35. The summed E-state index contributed by atoms with van der Waals surface area (Å²) < 4.78 is 5.55. The molecule has 1 heterocycles. The van der Waals surface area contributed by atoms with Crippen molar-refractivity contribution in [3.63, 3.8) is 0 Å². The molecule has 3 nitrogen and oxygen atoms in total. The van der Waals surface area contributed by atoms with Gasteiger partial charge in [-0.05, 0) is 0 Å². The average Bonchev–Trinajstić information content (AvgIpc) is 2.23. The minimum absolute atomic E-state index is 0.144. The van der Waals surface area contributed by atoms with Gasteiger partial charge in [-0.3, -0.25) is 4.79 Å². The van der Waals surface area contributed by atoms with Gasteiger partial charge in [0.05, 0.1) is 13.0 Å². The number of amides is 1. The van der Waals surface area contributed by atoms with Crippen molar-refractivity contribution in [2.24, 2.45) is 0 Å². The lowest BCUT2D eigenvalue weighted by atomic mass is 10.1. The van der Waals surface area contributed by atoms with Gasteiger partial charge in [-0.15, -0.1) is 0 Å². The molecule has 1 atom stereocenters. The van der Waals surface area contributed by atoms with Gasteiger partial charge in [0.2, 0.25) is 5.91 Å². The first kappa shape index (κ1) is 9.21. The second kappa shape index (κ2) is 3.80. The molecule has 2 rings (SSSR count). The fraction of sp³-hybridized carbons (Fsp3) is 0.364. The van der Waals surface area contributed by atoms with Crippen molar-refractivity contribution in [2.45, 2.75) is 12.6 Å². The fourth-order valence-electron chi connectivity index (χ4n) is 1.61. The molecule has 0 saturated carbocycles. The molecule has 1 unspecified atom stereocenters. The molecule has 1 amide bonds. The van der Waals surface area contributed by atoms with E-state index in [0.717, 1.165) is 5.56 Å². The lowest BCUT2D eigenvalue weighted by Crippen LogP contribution is -2.38. The zero-order valence-electron chi connectivity index (χ0n) is 8.14. The maximum atomic E-state index is 11.4. The summed E-state index contributed by atoms with van der Waals surface area (Å²) in [7, 11) is 1.78. The van der Waals surface area contributed by atoms with Crippen LogP contribution in [0.1, 0.15) is 18.2 Å². The Labute approximate surface area is 83.3 Å². The van der Waals surface area contributed by atoms with E-state index in [1.54, 1.807) is 11.9 Å². The zero-order chi connectivity index (χ0) is 9.97. The minimum Gasteiger partial charge on any atom is -0.353 e. The highest BCUT2D eigenvalue weighted by Gasteiger charge is 2.26. The van der Waals surface area contributed by atoms with Crippen LogP contribution in [-0.4, -0.2) is 24.5 Å². The number of hydrogen-bond acceptors (Lipinski definition) is 2. The average molecular weight is 191 g/mol. The summed E-state index contributed by atoms with van der Waals surface area (Å²) in [5.41, 5.74) is 1.03. The van der Waals surface area contributed by atoms with E-state index in [9.17, 15) is 4.79 Å². The lowest BCUT2D eigenvalue weighted by molar-refractivity contribution is -0.157. The Kier molecular flexibility index (Phi) is 2.50. The number of benzene rings is 1. The van der Waals surface area contributed by atoms with E-state index in [-0.39, 0.29) is 12.1 Å². The number of hydrogen-bond donors (Lipinski definition) is 0. The van der Waals surface area contributed by atoms with Gasteiger partial charge in [0.1, 0.15) is 0 Å². The molecule has 14 heavy (non-hydrogen) atoms. The summed E-state index contributed by atoms with van der Waals surface area (Å²) in [4.78, 5) is 13.1. The van der Waals surface area contributed by atoms with E-state index in [0.29, 0.717) is 13.0 Å². The van der Waals surface area contributed by atoms with Crippen molar-refractivity contribution < 1.29 is 9.53 Å². The third kappa shape index (κ3) is 1.63. The van der Waals surface area contributed by atoms with Crippen molar-refractivity contribution in [3.05, 3.63) is 35.9 Å². The van der Waals surface area contributed by atoms with Gasteiger partial charge in [-0.1, -0.05) is 30.3 Å². The van der Waals surface area contributed by atoms with Crippen molar-refractivity contribution >= 4 is 5.91 Å². The Morgan fingerprint density at radius 1 is 1.36 bits per heavy atom. The highest BCUT2D eigenvalue weighted by atomic mass is 16.5. The topological polar surface area (TPSA) is 29.5 Å². The molecule has 1 aromatic rings. The molecule has 3 heteroatoms. The highest BCUT2D eigenvalue weighted by molar-refractivity contribution is 5.76. The standard InChI is InChI=1S/C11H13NO2/c1-12-10(13)7-8-14-11(12)9-5-3-2-4-6-9/h2-6,11H,7-8H2,1H3. The molecule has 74 valence electrons. The van der Waals surface area contributed by atoms with Gasteiger partial charge in [0.25, 0.3) is 0 Å². The monoisotopic (exact) mass is 191 g/mol. The van der Waals surface area contributed by atoms with Crippen LogP contribution in [0.15, 0.2) is 30.3 Å². The zero-order valence-corrected chi connectivity index (χ0v) is 8.14. The Morgan fingerprint density at radius 3 is 2.79 bits per heavy atom. The van der Waals surface area contributed by atoms with Crippen molar-refractivity contribution in [2.75, 3.05) is 13.7 Å². The van der Waals surface area contributed by atoms with Crippen LogP contribution in [0.3, 0.4) is 0 Å². The third-order valence-electron chi connectivity index (χ3n) is 2.42. The van der Waals surface area contributed by atoms with Gasteiger partial charge in [-0.25, -0.2) is 0 Å². The quantitative estimate of drug-likeness (QED) is 0.674. The van der Waals surface area contributed by atoms with Crippen LogP contribution in [0.25, 0.3) is 0 Å². The fourth-order valence-corrected chi connectivity index (χ4v) is 1.61. The molecule has 0 aliphatic carbocycles. The smallest absolute Gasteiger partial charge is 0.226 e. The number of rotatable bonds is 1. The minimum atomic E-state index is -0.211. The Bertz CT molecular complexity index is 323. The summed E-state index contributed by atoms with van der Waals surface area (Å²) in [6.45, 7) is 0.517. The van der Waals surface area contributed by atoms with Gasteiger partial charge < -0.3 is 9.64 Å². The molecule has 1 aromatic carbocycles. The second-order valence-electron chi connectivity index (χ2n) is 3.39. The Balaban J connectivity index is 2.22. The van der Waals surface area contributed by atoms with Gasteiger partial charge >= 0.3 is 0 Å². The number of nitrogens with zero attached hydrogens (tertiary/aromatic N) is 1. The predicted molar refractivity (Wildman–Crippen MR) is 52.5 cm³/mol. The van der Waals surface area contributed by atoms with Crippen LogP contribution >= 0.6 is 0 Å². The van der Waals surface area contributed by atoms with Crippen LogP contribution in [-0.2, 0) is 9.53 Å². The van der Waals surface area contributed by atoms with E-state index < -0.39 is 0 Å². The summed E-state index contributed by atoms with van der Waals surface area (Å²) in [5.74, 6) is 0.144. The molecule has 0 aromatic heterocycles. The lowest BCUT2D eigenvalue weighted by Gasteiger charge is -2.32. The second-order valence-corrected chi connectivity index (χ2v) is 3.39. The summed E-state index contributed by atoms with van der Waals surface area (Å²) in [6.07, 6.45) is 0.275. The van der Waals surface area contributed by atoms with Crippen molar-refractivity contribution in [1.82, 2.24) is 4.90 Å². The summed E-state index contributed by atoms with van der Waals surface area (Å²) in [6, 6.07) is 9.80. The van der Waals surface area contributed by atoms with Gasteiger partial charge in [0, 0.05) is 12.6 Å². The maximum absolute atomic E-state index is 11.4. The molecule has 0 spiro atoms. The van der Waals surface area contributed by atoms with E-state index in [1.165, 1.54) is 0 Å². The maximum Gasteiger partial charge on any atom is 0.226 e. The van der Waals surface area contributed by atoms with E-state index >= 15 is 0 Å². The first-order chi connectivity index (χ1) is 6.79. The van der Waals surface area contributed by atoms with Crippen LogP contribution in [0.4, 0.5) is 0 Å². The molecular weight excluding hydrogens is 178 g/mol. The molecule has 1 saturated heterocycles. The van der Waals surface area contributed by atoms with Gasteiger partial charge in [0.15, 0.2) is 6.23 Å². The Morgan fingerprint density at radius 2 is 2.07 bits per heavy atom. The molecular formula is C11H13NO2. The molecule has 0 bridgehead atoms. The summed E-state index contributed by atoms with van der Waals surface area (Å²) >= 11 is 0. The van der Waals surface area contributed by atoms with Crippen LogP contribution in [0.2, 0.25) is 0 Å². The van der Waals surface area contributed by atoms with Crippen LogP contribution in [0, 0.1) is 0 Å². The van der Waals surface area contributed by atoms with E-state index in [1.807, 2.05) is 30.3 Å². The van der Waals surface area contributed by atoms with E-state index in [2.05, 4.69) is 0 Å². The van der Waals surface area contributed by atoms with E-state index in [4.69, 9.17) is 4.74 Å². The first-order valence-corrected chi connectivity index (χ1v) is 4.71. The highest BCUT2D eigenvalue weighted by Crippen LogP contribution is 2.24. The molecule has 0 radical (unpaired) electrons. The SMILES string of the molecule is CN1C(=O)CCOC1c1ccccc1. The third-order valence-corrected chi connectivity index (χ3v) is 2.42. The predicted octanol–water partition coefficient (Wildman–Crippen LogP) is 1.56. The number of carbonyl (C=O) groups excluding carboxylic acids is 1. The van der Waals surface area contributed by atoms with Gasteiger partial charge in [-0.2, -0.15) is 0 Å². The largest absolute Gasteiger partial charge is 0.353 e. The number of ether oxygens (including phenoxy) is 1. The van der Waals surface area contributed by atoms with Crippen molar-refractivity contribution in [1.29, 1.82) is 0 Å². The molecule has 1 aliphatic rings. The van der Waals surface area contributed by atoms with Crippen LogP contribution in [0.5, 0.6) is 0 Å². The molecule has 1 fully saturated rings. The van der Waals surface area contributed by atoms with Crippen LogP contribution < -0.4 is 0 Å². The summed E-state index contributed by atoms with van der Waals surface area (Å²) in [5, 5.41) is 0. The van der Waals surface area contributed by atoms with Crippen molar-refractivity contribution in [3.8, 4) is 0 Å². The first-order valence-electron chi connectivity index (χ1n) is 4.71. The number of carbonyl (C=O) groups is 1. The molecule has 0 N–H and O–H groups in total. The normalized spacial score (nSPS) is 22.5. The molecule has 1 aliphatic heterocycles.